The van der Waals surface area contributed by atoms with Crippen molar-refractivity contribution < 1.29 is 0 Å². The van der Waals surface area contributed by atoms with E-state index in [1.165, 1.54) is 13.1 Å². The SMILES string of the molecule is CC1CN(CCn2cc(N)cn2)C1. The highest BCUT2D eigenvalue weighted by atomic mass is 15.3. The molecule has 1 fully saturated rings. The normalized spacial score (nSPS) is 18.8. The van der Waals surface area contributed by atoms with Crippen molar-refractivity contribution >= 4 is 5.69 Å². The van der Waals surface area contributed by atoms with Gasteiger partial charge in [0.25, 0.3) is 0 Å². The second-order valence-corrected chi connectivity index (χ2v) is 3.90. The molecule has 4 heteroatoms. The molecule has 0 unspecified atom stereocenters. The first-order valence-corrected chi connectivity index (χ1v) is 4.74. The van der Waals surface area contributed by atoms with Crippen molar-refractivity contribution in [3.63, 3.8) is 0 Å². The Morgan fingerprint density at radius 1 is 1.54 bits per heavy atom. The largest absolute Gasteiger partial charge is 0.396 e. The van der Waals surface area contributed by atoms with Crippen LogP contribution in [0.5, 0.6) is 0 Å². The third-order valence-corrected chi connectivity index (χ3v) is 2.44. The molecule has 0 bridgehead atoms. The van der Waals surface area contributed by atoms with Crippen LogP contribution in [0.25, 0.3) is 0 Å². The summed E-state index contributed by atoms with van der Waals surface area (Å²) < 4.78 is 1.90. The lowest BCUT2D eigenvalue weighted by Gasteiger charge is -2.36. The number of rotatable bonds is 3. The van der Waals surface area contributed by atoms with Gasteiger partial charge in [-0.2, -0.15) is 5.10 Å². The summed E-state index contributed by atoms with van der Waals surface area (Å²) in [5.41, 5.74) is 6.30. The number of anilines is 1. The maximum absolute atomic E-state index is 5.56. The molecule has 0 amide bonds. The minimum atomic E-state index is 0.747. The van der Waals surface area contributed by atoms with E-state index in [-0.39, 0.29) is 0 Å². The van der Waals surface area contributed by atoms with Crippen LogP contribution in [0, 0.1) is 5.92 Å². The van der Waals surface area contributed by atoms with Gasteiger partial charge in [-0.3, -0.25) is 4.68 Å². The average Bonchev–Trinajstić information content (AvgIpc) is 2.43. The average molecular weight is 180 g/mol. The standard InChI is InChI=1S/C9H16N4/c1-8-5-12(6-8)2-3-13-7-9(10)4-11-13/h4,7-8H,2-3,5-6,10H2,1H3. The highest BCUT2D eigenvalue weighted by molar-refractivity contribution is 5.30. The monoisotopic (exact) mass is 180 g/mol. The molecule has 72 valence electrons. The Morgan fingerprint density at radius 2 is 2.31 bits per heavy atom. The zero-order valence-corrected chi connectivity index (χ0v) is 7.98. The van der Waals surface area contributed by atoms with Gasteiger partial charge >= 0.3 is 0 Å². The number of nitrogen functional groups attached to an aromatic ring is 1. The van der Waals surface area contributed by atoms with Crippen LogP contribution in [0.15, 0.2) is 12.4 Å². The van der Waals surface area contributed by atoms with E-state index in [4.69, 9.17) is 5.73 Å². The summed E-state index contributed by atoms with van der Waals surface area (Å²) in [6.07, 6.45) is 3.57. The van der Waals surface area contributed by atoms with E-state index < -0.39 is 0 Å². The highest BCUT2D eigenvalue weighted by Crippen LogP contribution is 2.13. The lowest BCUT2D eigenvalue weighted by atomic mass is 10.0. The second-order valence-electron chi connectivity index (χ2n) is 3.90. The van der Waals surface area contributed by atoms with Gasteiger partial charge < -0.3 is 10.6 Å². The van der Waals surface area contributed by atoms with Crippen molar-refractivity contribution in [1.29, 1.82) is 0 Å². The van der Waals surface area contributed by atoms with E-state index in [0.717, 1.165) is 24.7 Å². The summed E-state index contributed by atoms with van der Waals surface area (Å²) >= 11 is 0. The molecule has 0 spiro atoms. The van der Waals surface area contributed by atoms with Gasteiger partial charge in [-0.1, -0.05) is 6.92 Å². The molecule has 1 aliphatic rings. The van der Waals surface area contributed by atoms with E-state index in [2.05, 4.69) is 16.9 Å². The summed E-state index contributed by atoms with van der Waals surface area (Å²) in [6, 6.07) is 0. The zero-order chi connectivity index (χ0) is 9.26. The van der Waals surface area contributed by atoms with E-state index >= 15 is 0 Å². The van der Waals surface area contributed by atoms with Gasteiger partial charge in [-0.25, -0.2) is 0 Å². The van der Waals surface area contributed by atoms with Crippen molar-refractivity contribution in [1.82, 2.24) is 14.7 Å². The smallest absolute Gasteiger partial charge is 0.0719 e. The predicted octanol–water partition coefficient (Wildman–Crippen LogP) is 0.417. The first kappa shape index (κ1) is 8.56. The number of hydrogen-bond acceptors (Lipinski definition) is 3. The van der Waals surface area contributed by atoms with Crippen molar-refractivity contribution in [2.45, 2.75) is 13.5 Å². The Kier molecular flexibility index (Phi) is 2.22. The molecule has 0 atom stereocenters. The van der Waals surface area contributed by atoms with Crippen LogP contribution in [-0.4, -0.2) is 34.3 Å². The summed E-state index contributed by atoms with van der Waals surface area (Å²) in [5.74, 6) is 0.877. The molecule has 1 saturated heterocycles. The maximum Gasteiger partial charge on any atom is 0.0719 e. The van der Waals surface area contributed by atoms with Crippen molar-refractivity contribution in [3.05, 3.63) is 12.4 Å². The maximum atomic E-state index is 5.56. The lowest BCUT2D eigenvalue weighted by molar-refractivity contribution is 0.107. The number of nitrogens with zero attached hydrogens (tertiary/aromatic N) is 3. The third kappa shape index (κ3) is 2.01. The molecule has 0 radical (unpaired) electrons. The summed E-state index contributed by atoms with van der Waals surface area (Å²) in [6.45, 7) is 6.78. The van der Waals surface area contributed by atoms with Crippen LogP contribution in [0.3, 0.4) is 0 Å². The summed E-state index contributed by atoms with van der Waals surface area (Å²) in [5, 5.41) is 4.13. The molecule has 0 aromatic carbocycles. The van der Waals surface area contributed by atoms with Crippen LogP contribution in [0.4, 0.5) is 5.69 Å². The van der Waals surface area contributed by atoms with Gasteiger partial charge in [0, 0.05) is 25.8 Å². The minimum Gasteiger partial charge on any atom is -0.396 e. The van der Waals surface area contributed by atoms with Crippen LogP contribution in [0.2, 0.25) is 0 Å². The molecule has 1 aromatic heterocycles. The molecule has 1 aliphatic heterocycles. The van der Waals surface area contributed by atoms with E-state index in [0.29, 0.717) is 0 Å². The molecule has 2 rings (SSSR count). The van der Waals surface area contributed by atoms with Crippen LogP contribution >= 0.6 is 0 Å². The first-order valence-electron chi connectivity index (χ1n) is 4.74. The fourth-order valence-electron chi connectivity index (χ4n) is 1.76. The van der Waals surface area contributed by atoms with Gasteiger partial charge in [0.2, 0.25) is 0 Å². The molecular weight excluding hydrogens is 164 g/mol. The number of likely N-dealkylation sites (tertiary alicyclic amines) is 1. The topological polar surface area (TPSA) is 47.1 Å². The van der Waals surface area contributed by atoms with Gasteiger partial charge in [-0.05, 0) is 5.92 Å². The molecule has 0 aliphatic carbocycles. The Bertz CT molecular complexity index is 275. The number of hydrogen-bond donors (Lipinski definition) is 1. The van der Waals surface area contributed by atoms with E-state index in [9.17, 15) is 0 Å². The molecule has 2 heterocycles. The number of aromatic nitrogens is 2. The molecule has 1 aromatic rings. The van der Waals surface area contributed by atoms with Crippen LogP contribution in [-0.2, 0) is 6.54 Å². The summed E-state index contributed by atoms with van der Waals surface area (Å²) in [4.78, 5) is 2.43. The Balaban J connectivity index is 1.74. The molecule has 0 saturated carbocycles. The Labute approximate surface area is 78.3 Å². The minimum absolute atomic E-state index is 0.747. The van der Waals surface area contributed by atoms with Gasteiger partial charge in [0.05, 0.1) is 18.4 Å². The predicted molar refractivity (Wildman–Crippen MR) is 52.2 cm³/mol. The quantitative estimate of drug-likeness (QED) is 0.733. The van der Waals surface area contributed by atoms with Crippen molar-refractivity contribution in [2.24, 2.45) is 5.92 Å². The van der Waals surface area contributed by atoms with Crippen LogP contribution in [0.1, 0.15) is 6.92 Å². The van der Waals surface area contributed by atoms with Gasteiger partial charge in [0.15, 0.2) is 0 Å². The molecule has 13 heavy (non-hydrogen) atoms. The number of nitrogens with two attached hydrogens (primary N) is 1. The fourth-order valence-corrected chi connectivity index (χ4v) is 1.76. The van der Waals surface area contributed by atoms with Crippen molar-refractivity contribution in [2.75, 3.05) is 25.4 Å². The van der Waals surface area contributed by atoms with E-state index in [1.807, 2.05) is 10.9 Å². The Hall–Kier alpha value is -1.03. The second kappa shape index (κ2) is 3.38. The first-order chi connectivity index (χ1) is 6.24. The lowest BCUT2D eigenvalue weighted by Crippen LogP contribution is -2.46. The van der Waals surface area contributed by atoms with Crippen LogP contribution < -0.4 is 5.73 Å². The summed E-state index contributed by atoms with van der Waals surface area (Å²) in [7, 11) is 0. The zero-order valence-electron chi connectivity index (χ0n) is 7.98. The highest BCUT2D eigenvalue weighted by Gasteiger charge is 2.21. The van der Waals surface area contributed by atoms with Gasteiger partial charge in [-0.15, -0.1) is 0 Å². The fraction of sp³-hybridized carbons (Fsp3) is 0.667. The third-order valence-electron chi connectivity index (χ3n) is 2.44. The van der Waals surface area contributed by atoms with Gasteiger partial charge in [0.1, 0.15) is 0 Å². The molecular formula is C9H16N4. The Morgan fingerprint density at radius 3 is 2.85 bits per heavy atom. The van der Waals surface area contributed by atoms with E-state index in [1.54, 1.807) is 6.20 Å². The van der Waals surface area contributed by atoms with Crippen molar-refractivity contribution in [3.8, 4) is 0 Å². The molecule has 2 N–H and O–H groups in total. The molecule has 4 nitrogen and oxygen atoms in total.